The van der Waals surface area contributed by atoms with Gasteiger partial charge in [0.15, 0.2) is 0 Å². The second-order valence-electron chi connectivity index (χ2n) is 6.14. The minimum absolute atomic E-state index is 0.192. The van der Waals surface area contributed by atoms with Crippen molar-refractivity contribution in [3.63, 3.8) is 0 Å². The van der Waals surface area contributed by atoms with E-state index < -0.39 is 23.6 Å². The van der Waals surface area contributed by atoms with Gasteiger partial charge in [-0.2, -0.15) is 13.2 Å². The van der Waals surface area contributed by atoms with E-state index in [4.69, 9.17) is 11.6 Å². The smallest absolute Gasteiger partial charge is 0.323 e. The van der Waals surface area contributed by atoms with Gasteiger partial charge in [-0.1, -0.05) is 17.7 Å². The average molecular weight is 399 g/mol. The number of carbonyl (C=O) groups excluding carboxylic acids is 2. The van der Waals surface area contributed by atoms with E-state index in [1.807, 2.05) is 13.0 Å². The van der Waals surface area contributed by atoms with Gasteiger partial charge in [-0.15, -0.1) is 0 Å². The van der Waals surface area contributed by atoms with Crippen molar-refractivity contribution in [1.29, 1.82) is 0 Å². The molecule has 2 rings (SSSR count). The van der Waals surface area contributed by atoms with Crippen molar-refractivity contribution >= 4 is 34.8 Å². The number of hydrogen-bond donors (Lipinski definition) is 1. The summed E-state index contributed by atoms with van der Waals surface area (Å²) in [5.41, 5.74) is 1.49. The first kappa shape index (κ1) is 20.8. The predicted octanol–water partition coefficient (Wildman–Crippen LogP) is 4.97. The molecule has 0 fully saturated rings. The third-order valence-corrected chi connectivity index (χ3v) is 4.18. The third-order valence-electron chi connectivity index (χ3n) is 3.88. The van der Waals surface area contributed by atoms with Crippen LogP contribution in [-0.2, 0) is 15.8 Å². The fraction of sp³-hybridized carbons (Fsp3) is 0.263. The number of nitrogens with one attached hydrogen (secondary N) is 1. The van der Waals surface area contributed by atoms with Gasteiger partial charge in [0.25, 0.3) is 0 Å². The SMILES string of the molecule is CC(=O)N(CC(=O)Nc1c(C)cc(C)cc1Cl)c1ccc(C(F)(F)F)cc1. The van der Waals surface area contributed by atoms with Crippen LogP contribution in [0.25, 0.3) is 0 Å². The van der Waals surface area contributed by atoms with E-state index in [2.05, 4.69) is 5.32 Å². The zero-order valence-electron chi connectivity index (χ0n) is 14.9. The minimum atomic E-state index is -4.48. The van der Waals surface area contributed by atoms with Crippen LogP contribution < -0.4 is 10.2 Å². The normalized spacial score (nSPS) is 11.2. The van der Waals surface area contributed by atoms with E-state index in [0.29, 0.717) is 10.7 Å². The first-order chi connectivity index (χ1) is 12.5. The molecule has 0 aliphatic carbocycles. The highest BCUT2D eigenvalue weighted by Crippen LogP contribution is 2.31. The molecular weight excluding hydrogens is 381 g/mol. The average Bonchev–Trinajstić information content (AvgIpc) is 2.55. The summed E-state index contributed by atoms with van der Waals surface area (Å²) in [5, 5.41) is 3.02. The highest BCUT2D eigenvalue weighted by molar-refractivity contribution is 6.34. The van der Waals surface area contributed by atoms with Crippen LogP contribution in [0.1, 0.15) is 23.6 Å². The van der Waals surface area contributed by atoms with Gasteiger partial charge in [-0.05, 0) is 55.3 Å². The number of anilines is 2. The Kier molecular flexibility index (Phi) is 6.15. The lowest BCUT2D eigenvalue weighted by molar-refractivity contribution is -0.137. The number of rotatable bonds is 4. The zero-order valence-corrected chi connectivity index (χ0v) is 15.7. The molecule has 0 radical (unpaired) electrons. The van der Waals surface area contributed by atoms with E-state index in [1.54, 1.807) is 13.0 Å². The summed E-state index contributed by atoms with van der Waals surface area (Å²) in [6.45, 7) is 4.53. The first-order valence-electron chi connectivity index (χ1n) is 8.01. The van der Waals surface area contributed by atoms with Gasteiger partial charge in [-0.3, -0.25) is 9.59 Å². The third kappa shape index (κ3) is 5.23. The van der Waals surface area contributed by atoms with Gasteiger partial charge in [0.2, 0.25) is 11.8 Å². The Balaban J connectivity index is 2.19. The Morgan fingerprint density at radius 3 is 2.19 bits per heavy atom. The summed E-state index contributed by atoms with van der Waals surface area (Å²) in [5.74, 6) is -0.990. The molecule has 0 spiro atoms. The molecule has 144 valence electrons. The number of aryl methyl sites for hydroxylation is 2. The highest BCUT2D eigenvalue weighted by Gasteiger charge is 2.30. The number of hydrogen-bond acceptors (Lipinski definition) is 2. The molecule has 2 amide bonds. The minimum Gasteiger partial charge on any atom is -0.323 e. The maximum absolute atomic E-state index is 12.7. The molecule has 0 atom stereocenters. The number of nitrogens with zero attached hydrogens (tertiary/aromatic N) is 1. The monoisotopic (exact) mass is 398 g/mol. The lowest BCUT2D eigenvalue weighted by atomic mass is 10.1. The molecule has 4 nitrogen and oxygen atoms in total. The molecule has 0 saturated carbocycles. The Morgan fingerprint density at radius 1 is 1.11 bits per heavy atom. The highest BCUT2D eigenvalue weighted by atomic mass is 35.5. The van der Waals surface area contributed by atoms with Crippen molar-refractivity contribution in [3.05, 3.63) is 58.1 Å². The largest absolute Gasteiger partial charge is 0.416 e. The van der Waals surface area contributed by atoms with Crippen molar-refractivity contribution in [3.8, 4) is 0 Å². The van der Waals surface area contributed by atoms with Crippen molar-refractivity contribution in [2.45, 2.75) is 26.9 Å². The Bertz CT molecular complexity index is 841. The fourth-order valence-electron chi connectivity index (χ4n) is 2.61. The van der Waals surface area contributed by atoms with Gasteiger partial charge in [0, 0.05) is 12.6 Å². The molecule has 0 bridgehead atoms. The van der Waals surface area contributed by atoms with Crippen LogP contribution in [0.4, 0.5) is 24.5 Å². The number of carbonyl (C=O) groups is 2. The van der Waals surface area contributed by atoms with Crippen molar-refractivity contribution in [2.75, 3.05) is 16.8 Å². The molecule has 2 aromatic carbocycles. The quantitative estimate of drug-likeness (QED) is 0.790. The van der Waals surface area contributed by atoms with Crippen molar-refractivity contribution in [1.82, 2.24) is 0 Å². The Morgan fingerprint density at radius 2 is 1.70 bits per heavy atom. The molecule has 2 aromatic rings. The van der Waals surface area contributed by atoms with E-state index in [1.165, 1.54) is 6.92 Å². The lowest BCUT2D eigenvalue weighted by Gasteiger charge is -2.22. The van der Waals surface area contributed by atoms with E-state index in [9.17, 15) is 22.8 Å². The second kappa shape index (κ2) is 8.00. The van der Waals surface area contributed by atoms with Crippen LogP contribution in [-0.4, -0.2) is 18.4 Å². The van der Waals surface area contributed by atoms with E-state index in [0.717, 1.165) is 40.3 Å². The summed E-state index contributed by atoms with van der Waals surface area (Å²) in [6.07, 6.45) is -4.48. The molecule has 8 heteroatoms. The van der Waals surface area contributed by atoms with E-state index >= 15 is 0 Å². The van der Waals surface area contributed by atoms with Gasteiger partial charge >= 0.3 is 6.18 Å². The first-order valence-corrected chi connectivity index (χ1v) is 8.39. The molecule has 27 heavy (non-hydrogen) atoms. The van der Waals surface area contributed by atoms with Crippen LogP contribution >= 0.6 is 11.6 Å². The number of alkyl halides is 3. The van der Waals surface area contributed by atoms with Crippen molar-refractivity contribution < 1.29 is 22.8 Å². The summed E-state index contributed by atoms with van der Waals surface area (Å²) >= 11 is 6.15. The maximum atomic E-state index is 12.7. The zero-order chi connectivity index (χ0) is 20.4. The number of halogens is 4. The fourth-order valence-corrected chi connectivity index (χ4v) is 2.98. The molecule has 0 aliphatic rings. The standard InChI is InChI=1S/C19H18ClF3N2O2/c1-11-8-12(2)18(16(20)9-11)24-17(27)10-25(13(3)26)15-6-4-14(5-7-15)19(21,22)23/h4-9H,10H2,1-3H3,(H,24,27). The van der Waals surface area contributed by atoms with Crippen LogP contribution in [0.5, 0.6) is 0 Å². The van der Waals surface area contributed by atoms with Crippen LogP contribution in [0.2, 0.25) is 5.02 Å². The van der Waals surface area contributed by atoms with Gasteiger partial charge < -0.3 is 10.2 Å². The summed E-state index contributed by atoms with van der Waals surface area (Å²) in [7, 11) is 0. The summed E-state index contributed by atoms with van der Waals surface area (Å²) in [4.78, 5) is 25.4. The van der Waals surface area contributed by atoms with Crippen LogP contribution in [0.3, 0.4) is 0 Å². The Hall–Kier alpha value is -2.54. The Labute approximate surface area is 159 Å². The van der Waals surface area contributed by atoms with Gasteiger partial charge in [0.1, 0.15) is 6.54 Å². The van der Waals surface area contributed by atoms with Crippen LogP contribution in [0, 0.1) is 13.8 Å². The molecule has 0 saturated heterocycles. The summed E-state index contributed by atoms with van der Waals surface area (Å²) < 4.78 is 38.0. The number of amides is 2. The predicted molar refractivity (Wildman–Crippen MR) is 99.0 cm³/mol. The van der Waals surface area contributed by atoms with E-state index in [-0.39, 0.29) is 12.2 Å². The maximum Gasteiger partial charge on any atom is 0.416 e. The topological polar surface area (TPSA) is 49.4 Å². The molecule has 0 aliphatic heterocycles. The molecule has 0 aromatic heterocycles. The molecule has 0 unspecified atom stereocenters. The summed E-state index contributed by atoms with van der Waals surface area (Å²) in [6, 6.07) is 7.58. The van der Waals surface area contributed by atoms with Gasteiger partial charge in [-0.25, -0.2) is 0 Å². The second-order valence-corrected chi connectivity index (χ2v) is 6.54. The molecule has 0 heterocycles. The lowest BCUT2D eigenvalue weighted by Crippen LogP contribution is -2.36. The number of benzene rings is 2. The van der Waals surface area contributed by atoms with Crippen molar-refractivity contribution in [2.24, 2.45) is 0 Å². The van der Waals surface area contributed by atoms with Gasteiger partial charge in [0.05, 0.1) is 16.3 Å². The molecule has 1 N–H and O–H groups in total. The van der Waals surface area contributed by atoms with Crippen LogP contribution in [0.15, 0.2) is 36.4 Å². The molecular formula is C19H18ClF3N2O2.